The number of carbonyl (C=O) groups is 1. The highest BCUT2D eigenvalue weighted by Gasteiger charge is 2.28. The third kappa shape index (κ3) is 3.55. The van der Waals surface area contributed by atoms with Crippen molar-refractivity contribution in [2.75, 3.05) is 26.2 Å². The standard InChI is InChI=1S/C16H17ClFN3O2.ClH/c1-10-13(16(22)21-8-3-6-19-7-9-21)15(20-23-10)14-11(17)4-2-5-12(14)18;/h2,4-5,19H,3,6-9H2,1H3;1H. The molecule has 2 aromatic rings. The Labute approximate surface area is 150 Å². The molecule has 1 aliphatic heterocycles. The molecule has 0 aliphatic carbocycles. The van der Waals surface area contributed by atoms with Crippen molar-refractivity contribution in [3.05, 3.63) is 40.4 Å². The summed E-state index contributed by atoms with van der Waals surface area (Å²) in [4.78, 5) is 14.6. The van der Waals surface area contributed by atoms with Crippen LogP contribution in [0.5, 0.6) is 0 Å². The fraction of sp³-hybridized carbons (Fsp3) is 0.375. The number of nitrogens with one attached hydrogen (secondary N) is 1. The van der Waals surface area contributed by atoms with Crippen LogP contribution in [0.15, 0.2) is 22.7 Å². The van der Waals surface area contributed by atoms with Crippen LogP contribution in [0.1, 0.15) is 22.5 Å². The van der Waals surface area contributed by atoms with Gasteiger partial charge in [0.15, 0.2) is 0 Å². The first-order chi connectivity index (χ1) is 11.1. The number of amides is 1. The van der Waals surface area contributed by atoms with E-state index in [-0.39, 0.29) is 40.2 Å². The van der Waals surface area contributed by atoms with Crippen LogP contribution in [-0.4, -0.2) is 42.1 Å². The average Bonchev–Trinajstić information content (AvgIpc) is 2.75. The Morgan fingerprint density at radius 2 is 2.17 bits per heavy atom. The molecule has 0 saturated carbocycles. The fourth-order valence-corrected chi connectivity index (χ4v) is 2.98. The van der Waals surface area contributed by atoms with E-state index in [0.29, 0.717) is 18.8 Å². The summed E-state index contributed by atoms with van der Waals surface area (Å²) in [6, 6.07) is 4.36. The van der Waals surface area contributed by atoms with Crippen LogP contribution in [0.4, 0.5) is 4.39 Å². The van der Waals surface area contributed by atoms with Crippen LogP contribution < -0.4 is 5.32 Å². The summed E-state index contributed by atoms with van der Waals surface area (Å²) >= 11 is 6.11. The molecule has 1 amide bonds. The maximum absolute atomic E-state index is 14.2. The van der Waals surface area contributed by atoms with Crippen molar-refractivity contribution in [2.45, 2.75) is 13.3 Å². The molecule has 1 N–H and O–H groups in total. The molecule has 0 radical (unpaired) electrons. The van der Waals surface area contributed by atoms with Crippen molar-refractivity contribution in [3.63, 3.8) is 0 Å². The lowest BCUT2D eigenvalue weighted by atomic mass is 10.0. The number of aryl methyl sites for hydroxylation is 1. The maximum Gasteiger partial charge on any atom is 0.259 e. The summed E-state index contributed by atoms with van der Waals surface area (Å²) < 4.78 is 19.4. The van der Waals surface area contributed by atoms with E-state index in [9.17, 15) is 9.18 Å². The van der Waals surface area contributed by atoms with E-state index in [1.165, 1.54) is 12.1 Å². The average molecular weight is 374 g/mol. The summed E-state index contributed by atoms with van der Waals surface area (Å²) in [7, 11) is 0. The third-order valence-electron chi connectivity index (χ3n) is 3.90. The normalized spacial score (nSPS) is 14.9. The van der Waals surface area contributed by atoms with Gasteiger partial charge >= 0.3 is 0 Å². The predicted molar refractivity (Wildman–Crippen MR) is 92.3 cm³/mol. The van der Waals surface area contributed by atoms with Crippen molar-refractivity contribution in [1.29, 1.82) is 0 Å². The highest BCUT2D eigenvalue weighted by Crippen LogP contribution is 2.34. The number of hydrogen-bond acceptors (Lipinski definition) is 4. The monoisotopic (exact) mass is 373 g/mol. The SMILES string of the molecule is Cc1onc(-c2c(F)cccc2Cl)c1C(=O)N1CCCNCC1.Cl. The zero-order valence-electron chi connectivity index (χ0n) is 13.1. The Kier molecular flexibility index (Phi) is 6.21. The fourth-order valence-electron chi connectivity index (χ4n) is 2.73. The third-order valence-corrected chi connectivity index (χ3v) is 4.22. The molecule has 0 bridgehead atoms. The summed E-state index contributed by atoms with van der Waals surface area (Å²) in [5, 5.41) is 7.33. The van der Waals surface area contributed by atoms with Crippen LogP contribution >= 0.6 is 24.0 Å². The number of hydrogen-bond donors (Lipinski definition) is 1. The van der Waals surface area contributed by atoms with E-state index in [4.69, 9.17) is 16.1 Å². The minimum Gasteiger partial charge on any atom is -0.360 e. The van der Waals surface area contributed by atoms with Gasteiger partial charge in [-0.2, -0.15) is 0 Å². The van der Waals surface area contributed by atoms with E-state index in [0.717, 1.165) is 19.5 Å². The van der Waals surface area contributed by atoms with E-state index >= 15 is 0 Å². The summed E-state index contributed by atoms with van der Waals surface area (Å²) in [6.07, 6.45) is 0.867. The van der Waals surface area contributed by atoms with Gasteiger partial charge in [-0.25, -0.2) is 4.39 Å². The van der Waals surface area contributed by atoms with Crippen molar-refractivity contribution in [2.24, 2.45) is 0 Å². The highest BCUT2D eigenvalue weighted by atomic mass is 35.5. The Morgan fingerprint density at radius 3 is 2.92 bits per heavy atom. The largest absolute Gasteiger partial charge is 0.360 e. The lowest BCUT2D eigenvalue weighted by Crippen LogP contribution is -2.34. The molecular formula is C16H18Cl2FN3O2. The molecule has 2 heterocycles. The number of rotatable bonds is 2. The van der Waals surface area contributed by atoms with Crippen molar-refractivity contribution >= 4 is 29.9 Å². The lowest BCUT2D eigenvalue weighted by Gasteiger charge is -2.20. The van der Waals surface area contributed by atoms with E-state index in [2.05, 4.69) is 10.5 Å². The number of carbonyl (C=O) groups excluding carboxylic acids is 1. The maximum atomic E-state index is 14.2. The van der Waals surface area contributed by atoms with E-state index in [1.807, 2.05) is 0 Å². The number of nitrogens with zero attached hydrogens (tertiary/aromatic N) is 2. The second-order valence-corrected chi connectivity index (χ2v) is 5.86. The second-order valence-electron chi connectivity index (χ2n) is 5.45. The molecular weight excluding hydrogens is 356 g/mol. The van der Waals surface area contributed by atoms with Crippen molar-refractivity contribution in [3.8, 4) is 11.3 Å². The van der Waals surface area contributed by atoms with Gasteiger partial charge in [0.05, 0.1) is 10.6 Å². The smallest absolute Gasteiger partial charge is 0.259 e. The molecule has 5 nitrogen and oxygen atoms in total. The zero-order chi connectivity index (χ0) is 16.4. The van der Waals surface area contributed by atoms with E-state index in [1.54, 1.807) is 17.9 Å². The molecule has 0 atom stereocenters. The molecule has 8 heteroatoms. The topological polar surface area (TPSA) is 58.4 Å². The van der Waals surface area contributed by atoms with Crippen LogP contribution in [0.2, 0.25) is 5.02 Å². The van der Waals surface area contributed by atoms with E-state index < -0.39 is 5.82 Å². The molecule has 1 aromatic carbocycles. The number of aromatic nitrogens is 1. The highest BCUT2D eigenvalue weighted by molar-refractivity contribution is 6.33. The molecule has 1 aromatic heterocycles. The van der Waals surface area contributed by atoms with Gasteiger partial charge in [0.1, 0.15) is 22.8 Å². The number of halogens is 3. The van der Waals surface area contributed by atoms with Gasteiger partial charge in [-0.3, -0.25) is 4.79 Å². The van der Waals surface area contributed by atoms with Gasteiger partial charge in [0, 0.05) is 19.6 Å². The summed E-state index contributed by atoms with van der Waals surface area (Å²) in [5.41, 5.74) is 0.536. The Balaban J connectivity index is 0.00000208. The molecule has 3 rings (SSSR count). The molecule has 1 fully saturated rings. The minimum absolute atomic E-state index is 0. The van der Waals surface area contributed by atoms with Crippen LogP contribution in [0.25, 0.3) is 11.3 Å². The summed E-state index contributed by atoms with van der Waals surface area (Å²) in [6.45, 7) is 4.48. The second kappa shape index (κ2) is 7.96. The molecule has 1 aliphatic rings. The van der Waals surface area contributed by atoms with Crippen LogP contribution in [-0.2, 0) is 0 Å². The Hall–Kier alpha value is -1.63. The van der Waals surface area contributed by atoms with Gasteiger partial charge in [0.2, 0.25) is 0 Å². The Bertz CT molecular complexity index is 708. The van der Waals surface area contributed by atoms with Crippen molar-refractivity contribution < 1.29 is 13.7 Å². The van der Waals surface area contributed by atoms with Crippen LogP contribution in [0, 0.1) is 12.7 Å². The molecule has 24 heavy (non-hydrogen) atoms. The quantitative estimate of drug-likeness (QED) is 0.877. The molecule has 0 unspecified atom stereocenters. The van der Waals surface area contributed by atoms with Gasteiger partial charge in [-0.15, -0.1) is 12.4 Å². The minimum atomic E-state index is -0.530. The van der Waals surface area contributed by atoms with Gasteiger partial charge in [0.25, 0.3) is 5.91 Å². The molecule has 130 valence electrons. The molecule has 1 saturated heterocycles. The van der Waals surface area contributed by atoms with Gasteiger partial charge in [-0.05, 0) is 32.0 Å². The number of benzene rings is 1. The summed E-state index contributed by atoms with van der Waals surface area (Å²) in [5.74, 6) is -0.374. The van der Waals surface area contributed by atoms with Gasteiger partial charge < -0.3 is 14.7 Å². The molecule has 0 spiro atoms. The predicted octanol–water partition coefficient (Wildman–Crippen LogP) is 3.30. The first kappa shape index (κ1) is 18.7. The van der Waals surface area contributed by atoms with Crippen LogP contribution in [0.3, 0.4) is 0 Å². The zero-order valence-corrected chi connectivity index (χ0v) is 14.7. The van der Waals surface area contributed by atoms with Crippen molar-refractivity contribution in [1.82, 2.24) is 15.4 Å². The lowest BCUT2D eigenvalue weighted by molar-refractivity contribution is 0.0765. The first-order valence-corrected chi connectivity index (χ1v) is 7.88. The first-order valence-electron chi connectivity index (χ1n) is 7.50. The van der Waals surface area contributed by atoms with Gasteiger partial charge in [-0.1, -0.05) is 22.8 Å². The Morgan fingerprint density at radius 1 is 1.38 bits per heavy atom.